The second kappa shape index (κ2) is 7.33. The number of hydrogen-bond acceptors (Lipinski definition) is 4. The lowest BCUT2D eigenvalue weighted by atomic mass is 10.0. The number of thiophene rings is 1. The van der Waals surface area contributed by atoms with E-state index in [1.54, 1.807) is 11.3 Å². The Kier molecular flexibility index (Phi) is 4.92. The van der Waals surface area contributed by atoms with Crippen molar-refractivity contribution in [1.29, 1.82) is 0 Å². The van der Waals surface area contributed by atoms with Gasteiger partial charge in [-0.05, 0) is 45.0 Å². The molecule has 1 aromatic carbocycles. The molecule has 136 valence electrons. The summed E-state index contributed by atoms with van der Waals surface area (Å²) in [6, 6.07) is 10.5. The highest BCUT2D eigenvalue weighted by molar-refractivity contribution is 7.17. The van der Waals surface area contributed by atoms with Crippen LogP contribution in [0.25, 0.3) is 21.3 Å². The van der Waals surface area contributed by atoms with Gasteiger partial charge in [0.05, 0.1) is 5.39 Å². The van der Waals surface area contributed by atoms with Gasteiger partial charge in [-0.25, -0.2) is 4.98 Å². The predicted molar refractivity (Wildman–Crippen MR) is 109 cm³/mol. The molecule has 0 spiro atoms. The van der Waals surface area contributed by atoms with Crippen molar-refractivity contribution in [2.45, 2.75) is 38.6 Å². The van der Waals surface area contributed by atoms with E-state index < -0.39 is 0 Å². The molecular weight excluding hydrogens is 342 g/mol. The van der Waals surface area contributed by atoms with Crippen LogP contribution in [0.2, 0.25) is 0 Å². The SMILES string of the molecule is CCCc1nc2scc(-c3ccccc3)c2c(=O)n1C1CCN(C)CC1. The van der Waals surface area contributed by atoms with E-state index in [1.807, 2.05) is 22.8 Å². The molecule has 1 aliphatic heterocycles. The fraction of sp³-hybridized carbons (Fsp3) is 0.429. The molecule has 2 aromatic heterocycles. The molecule has 0 bridgehead atoms. The van der Waals surface area contributed by atoms with Gasteiger partial charge in [0, 0.05) is 23.4 Å². The van der Waals surface area contributed by atoms with Gasteiger partial charge < -0.3 is 4.90 Å². The largest absolute Gasteiger partial charge is 0.306 e. The third kappa shape index (κ3) is 3.10. The van der Waals surface area contributed by atoms with E-state index in [0.29, 0.717) is 0 Å². The van der Waals surface area contributed by atoms with E-state index in [4.69, 9.17) is 4.98 Å². The van der Waals surface area contributed by atoms with Crippen LogP contribution in [0.15, 0.2) is 40.5 Å². The zero-order chi connectivity index (χ0) is 18.1. The lowest BCUT2D eigenvalue weighted by Gasteiger charge is -2.31. The number of aryl methyl sites for hydroxylation is 1. The van der Waals surface area contributed by atoms with Gasteiger partial charge in [-0.2, -0.15) is 0 Å². The van der Waals surface area contributed by atoms with Gasteiger partial charge in [-0.1, -0.05) is 37.3 Å². The predicted octanol–water partition coefficient (Wildman–Crippen LogP) is 4.34. The topological polar surface area (TPSA) is 38.1 Å². The number of rotatable bonds is 4. The van der Waals surface area contributed by atoms with Crippen LogP contribution < -0.4 is 5.56 Å². The first kappa shape index (κ1) is 17.4. The van der Waals surface area contributed by atoms with E-state index in [0.717, 1.165) is 65.9 Å². The molecular formula is C21H25N3OS. The van der Waals surface area contributed by atoms with E-state index in [9.17, 15) is 4.79 Å². The highest BCUT2D eigenvalue weighted by atomic mass is 32.1. The lowest BCUT2D eigenvalue weighted by molar-refractivity contribution is 0.215. The number of piperidine rings is 1. The average molecular weight is 368 g/mol. The minimum Gasteiger partial charge on any atom is -0.306 e. The lowest BCUT2D eigenvalue weighted by Crippen LogP contribution is -2.37. The highest BCUT2D eigenvalue weighted by Gasteiger charge is 2.24. The standard InChI is InChI=1S/C21H25N3OS/c1-3-7-18-22-20-19(17(14-26-20)15-8-5-4-6-9-15)21(25)24(18)16-10-12-23(2)13-11-16/h4-6,8-9,14,16H,3,7,10-13H2,1-2H3. The second-order valence-electron chi connectivity index (χ2n) is 7.18. The van der Waals surface area contributed by atoms with Crippen molar-refractivity contribution in [3.05, 3.63) is 51.9 Å². The number of aromatic nitrogens is 2. The Morgan fingerprint density at radius 1 is 1.19 bits per heavy atom. The number of fused-ring (bicyclic) bond motifs is 1. The summed E-state index contributed by atoms with van der Waals surface area (Å²) in [7, 11) is 2.15. The quantitative estimate of drug-likeness (QED) is 0.688. The van der Waals surface area contributed by atoms with Crippen molar-refractivity contribution >= 4 is 21.6 Å². The van der Waals surface area contributed by atoms with Crippen molar-refractivity contribution in [2.75, 3.05) is 20.1 Å². The van der Waals surface area contributed by atoms with Crippen molar-refractivity contribution in [2.24, 2.45) is 0 Å². The smallest absolute Gasteiger partial charge is 0.263 e. The van der Waals surface area contributed by atoms with Crippen LogP contribution in [0.3, 0.4) is 0 Å². The Morgan fingerprint density at radius 3 is 2.62 bits per heavy atom. The van der Waals surface area contributed by atoms with E-state index in [1.165, 1.54) is 0 Å². The molecule has 0 saturated carbocycles. The maximum absolute atomic E-state index is 13.6. The fourth-order valence-electron chi connectivity index (χ4n) is 3.91. The van der Waals surface area contributed by atoms with E-state index in [-0.39, 0.29) is 11.6 Å². The van der Waals surface area contributed by atoms with Gasteiger partial charge in [-0.3, -0.25) is 9.36 Å². The summed E-state index contributed by atoms with van der Waals surface area (Å²) in [4.78, 5) is 21.7. The normalized spacial score (nSPS) is 16.4. The molecule has 5 heteroatoms. The summed E-state index contributed by atoms with van der Waals surface area (Å²) in [6.45, 7) is 4.23. The van der Waals surface area contributed by atoms with Gasteiger partial charge in [0.15, 0.2) is 0 Å². The third-order valence-electron chi connectivity index (χ3n) is 5.32. The molecule has 26 heavy (non-hydrogen) atoms. The van der Waals surface area contributed by atoms with E-state index in [2.05, 4.69) is 36.4 Å². The second-order valence-corrected chi connectivity index (χ2v) is 8.04. The zero-order valence-electron chi connectivity index (χ0n) is 15.4. The van der Waals surface area contributed by atoms with Gasteiger partial charge in [-0.15, -0.1) is 11.3 Å². The molecule has 3 heterocycles. The third-order valence-corrected chi connectivity index (χ3v) is 6.20. The van der Waals surface area contributed by atoms with E-state index >= 15 is 0 Å². The highest BCUT2D eigenvalue weighted by Crippen LogP contribution is 2.32. The van der Waals surface area contributed by atoms with Crippen LogP contribution in [0.4, 0.5) is 0 Å². The zero-order valence-corrected chi connectivity index (χ0v) is 16.3. The molecule has 0 N–H and O–H groups in total. The summed E-state index contributed by atoms with van der Waals surface area (Å²) < 4.78 is 2.03. The maximum atomic E-state index is 13.6. The summed E-state index contributed by atoms with van der Waals surface area (Å²) in [5, 5.41) is 2.88. The van der Waals surface area contributed by atoms with Gasteiger partial charge in [0.1, 0.15) is 10.7 Å². The van der Waals surface area contributed by atoms with Crippen molar-refractivity contribution in [3.63, 3.8) is 0 Å². The Labute approximate surface area is 158 Å². The molecule has 0 atom stereocenters. The van der Waals surface area contributed by atoms with Crippen LogP contribution in [0.1, 0.15) is 38.1 Å². The van der Waals surface area contributed by atoms with Crippen molar-refractivity contribution in [3.8, 4) is 11.1 Å². The summed E-state index contributed by atoms with van der Waals surface area (Å²) in [6.07, 6.45) is 3.90. The monoisotopic (exact) mass is 367 g/mol. The molecule has 4 nitrogen and oxygen atoms in total. The molecule has 3 aromatic rings. The number of nitrogens with zero attached hydrogens (tertiary/aromatic N) is 3. The molecule has 1 aliphatic rings. The Bertz CT molecular complexity index is 953. The Morgan fingerprint density at radius 2 is 1.92 bits per heavy atom. The van der Waals surface area contributed by atoms with Crippen LogP contribution in [0.5, 0.6) is 0 Å². The van der Waals surface area contributed by atoms with Crippen molar-refractivity contribution < 1.29 is 0 Å². The number of likely N-dealkylation sites (tertiary alicyclic amines) is 1. The maximum Gasteiger partial charge on any atom is 0.263 e. The van der Waals surface area contributed by atoms with Crippen molar-refractivity contribution in [1.82, 2.24) is 14.5 Å². The molecule has 0 aliphatic carbocycles. The minimum absolute atomic E-state index is 0.146. The molecule has 0 radical (unpaired) electrons. The first-order valence-electron chi connectivity index (χ1n) is 9.45. The fourth-order valence-corrected chi connectivity index (χ4v) is 4.86. The molecule has 0 unspecified atom stereocenters. The Balaban J connectivity index is 1.90. The van der Waals surface area contributed by atoms with Crippen LogP contribution >= 0.6 is 11.3 Å². The van der Waals surface area contributed by atoms with Gasteiger partial charge >= 0.3 is 0 Å². The average Bonchev–Trinajstić information content (AvgIpc) is 3.08. The first-order chi connectivity index (χ1) is 12.7. The molecule has 0 amide bonds. The molecule has 1 fully saturated rings. The Hall–Kier alpha value is -1.98. The van der Waals surface area contributed by atoms with Crippen LogP contribution in [0, 0.1) is 0 Å². The first-order valence-corrected chi connectivity index (χ1v) is 10.3. The van der Waals surface area contributed by atoms with Crippen LogP contribution in [-0.4, -0.2) is 34.6 Å². The number of benzene rings is 1. The molecule has 1 saturated heterocycles. The van der Waals surface area contributed by atoms with Gasteiger partial charge in [0.25, 0.3) is 5.56 Å². The number of hydrogen-bond donors (Lipinski definition) is 0. The van der Waals surface area contributed by atoms with Crippen LogP contribution in [-0.2, 0) is 6.42 Å². The summed E-state index contributed by atoms with van der Waals surface area (Å²) >= 11 is 1.59. The summed E-state index contributed by atoms with van der Waals surface area (Å²) in [5.41, 5.74) is 2.26. The summed E-state index contributed by atoms with van der Waals surface area (Å²) in [5.74, 6) is 0.959. The molecule has 4 rings (SSSR count). The minimum atomic E-state index is 0.146. The van der Waals surface area contributed by atoms with Gasteiger partial charge in [0.2, 0.25) is 0 Å².